The summed E-state index contributed by atoms with van der Waals surface area (Å²) in [4.78, 5) is 15.3. The maximum Gasteiger partial charge on any atom is 0.251 e. The Hall–Kier alpha value is -1.81. The molecule has 1 saturated heterocycles. The summed E-state index contributed by atoms with van der Waals surface area (Å²) >= 11 is 0. The van der Waals surface area contributed by atoms with Crippen molar-refractivity contribution in [3.05, 3.63) is 36.0 Å². The van der Waals surface area contributed by atoms with Gasteiger partial charge < -0.3 is 15.6 Å². The second-order valence-corrected chi connectivity index (χ2v) is 5.08. The first kappa shape index (κ1) is 12.2. The van der Waals surface area contributed by atoms with Crippen molar-refractivity contribution in [1.29, 1.82) is 0 Å². The van der Waals surface area contributed by atoms with Gasteiger partial charge in [-0.3, -0.25) is 4.79 Å². The summed E-state index contributed by atoms with van der Waals surface area (Å²) in [6, 6.07) is 8.28. The van der Waals surface area contributed by atoms with Crippen LogP contribution in [-0.2, 0) is 0 Å². The van der Waals surface area contributed by atoms with Gasteiger partial charge in [0.15, 0.2) is 0 Å². The Morgan fingerprint density at radius 3 is 3.16 bits per heavy atom. The smallest absolute Gasteiger partial charge is 0.251 e. The summed E-state index contributed by atoms with van der Waals surface area (Å²) in [5.41, 5.74) is 1.75. The Bertz CT molecular complexity index is 570. The molecular weight excluding hydrogens is 238 g/mol. The topological polar surface area (TPSA) is 56.9 Å². The lowest BCUT2D eigenvalue weighted by Crippen LogP contribution is -2.30. The molecule has 0 saturated carbocycles. The molecule has 1 aliphatic heterocycles. The van der Waals surface area contributed by atoms with E-state index >= 15 is 0 Å². The van der Waals surface area contributed by atoms with E-state index in [4.69, 9.17) is 0 Å². The normalized spacial score (nSPS) is 18.8. The average Bonchev–Trinajstić information content (AvgIpc) is 3.08. The monoisotopic (exact) mass is 257 g/mol. The van der Waals surface area contributed by atoms with Crippen LogP contribution in [-0.4, -0.2) is 30.0 Å². The van der Waals surface area contributed by atoms with Crippen molar-refractivity contribution < 1.29 is 4.79 Å². The number of fused-ring (bicyclic) bond motifs is 1. The second-order valence-electron chi connectivity index (χ2n) is 5.08. The van der Waals surface area contributed by atoms with E-state index in [1.807, 2.05) is 30.5 Å². The molecular formula is C15H19N3O. The number of rotatable bonds is 4. The van der Waals surface area contributed by atoms with E-state index in [1.54, 1.807) is 0 Å². The molecule has 0 spiro atoms. The molecule has 19 heavy (non-hydrogen) atoms. The number of hydrogen-bond donors (Lipinski definition) is 3. The van der Waals surface area contributed by atoms with Crippen molar-refractivity contribution in [2.75, 3.05) is 13.1 Å². The maximum absolute atomic E-state index is 12.2. The molecule has 1 fully saturated rings. The third-order valence-corrected chi connectivity index (χ3v) is 3.78. The summed E-state index contributed by atoms with van der Waals surface area (Å²) in [6.45, 7) is 1.85. The minimum absolute atomic E-state index is 0.0168. The van der Waals surface area contributed by atoms with Gasteiger partial charge in [0.05, 0.1) is 0 Å². The molecule has 3 rings (SSSR count). The average molecular weight is 257 g/mol. The standard InChI is InChI=1S/C15H19N3O/c19-15(18-9-6-11-3-2-8-16-11)13-4-1-5-14-12(13)7-10-17-14/h1,4-5,7,10-11,16-17H,2-3,6,8-9H2,(H,18,19)/t11-/m1/s1. The summed E-state index contributed by atoms with van der Waals surface area (Å²) in [5, 5.41) is 7.44. The lowest BCUT2D eigenvalue weighted by Gasteiger charge is -2.11. The molecule has 1 aromatic heterocycles. The fourth-order valence-corrected chi connectivity index (χ4v) is 2.74. The number of carbonyl (C=O) groups excluding carboxylic acids is 1. The van der Waals surface area contributed by atoms with Crippen molar-refractivity contribution in [2.45, 2.75) is 25.3 Å². The molecule has 4 nitrogen and oxygen atoms in total. The van der Waals surface area contributed by atoms with Gasteiger partial charge in [0.1, 0.15) is 0 Å². The van der Waals surface area contributed by atoms with Gasteiger partial charge in [-0.25, -0.2) is 0 Å². The van der Waals surface area contributed by atoms with E-state index in [2.05, 4.69) is 15.6 Å². The van der Waals surface area contributed by atoms with Crippen molar-refractivity contribution in [3.8, 4) is 0 Å². The van der Waals surface area contributed by atoms with Crippen LogP contribution in [0.4, 0.5) is 0 Å². The van der Waals surface area contributed by atoms with E-state index in [-0.39, 0.29) is 5.91 Å². The molecule has 1 aromatic carbocycles. The van der Waals surface area contributed by atoms with Gasteiger partial charge in [0.2, 0.25) is 0 Å². The lowest BCUT2D eigenvalue weighted by molar-refractivity contribution is 0.0954. The molecule has 3 N–H and O–H groups in total. The van der Waals surface area contributed by atoms with Crippen LogP contribution in [0.2, 0.25) is 0 Å². The molecule has 1 atom stereocenters. The first-order valence-electron chi connectivity index (χ1n) is 6.92. The Morgan fingerprint density at radius 2 is 2.32 bits per heavy atom. The van der Waals surface area contributed by atoms with E-state index < -0.39 is 0 Å². The van der Waals surface area contributed by atoms with Gasteiger partial charge >= 0.3 is 0 Å². The Balaban J connectivity index is 1.62. The SMILES string of the molecule is O=C(NCC[C@H]1CCCN1)c1cccc2[nH]ccc12. The zero-order chi connectivity index (χ0) is 13.1. The molecule has 2 aromatic rings. The van der Waals surface area contributed by atoms with Crippen LogP contribution in [0.5, 0.6) is 0 Å². The number of hydrogen-bond acceptors (Lipinski definition) is 2. The highest BCUT2D eigenvalue weighted by molar-refractivity contribution is 6.06. The van der Waals surface area contributed by atoms with Crippen molar-refractivity contribution >= 4 is 16.8 Å². The Morgan fingerprint density at radius 1 is 1.37 bits per heavy atom. The summed E-state index contributed by atoms with van der Waals surface area (Å²) in [6.07, 6.45) is 5.35. The maximum atomic E-state index is 12.2. The third-order valence-electron chi connectivity index (χ3n) is 3.78. The predicted octanol–water partition coefficient (Wildman–Crippen LogP) is 2.04. The van der Waals surface area contributed by atoms with E-state index in [0.717, 1.165) is 36.0 Å². The number of benzene rings is 1. The number of aromatic amines is 1. The minimum Gasteiger partial charge on any atom is -0.361 e. The van der Waals surface area contributed by atoms with Crippen molar-refractivity contribution in [3.63, 3.8) is 0 Å². The number of carbonyl (C=O) groups is 1. The van der Waals surface area contributed by atoms with Gasteiger partial charge in [0, 0.05) is 35.2 Å². The number of nitrogens with one attached hydrogen (secondary N) is 3. The molecule has 100 valence electrons. The Kier molecular flexibility index (Phi) is 3.51. The molecule has 0 bridgehead atoms. The van der Waals surface area contributed by atoms with Crippen LogP contribution in [0, 0.1) is 0 Å². The van der Waals surface area contributed by atoms with E-state index in [1.165, 1.54) is 12.8 Å². The fraction of sp³-hybridized carbons (Fsp3) is 0.400. The summed E-state index contributed by atoms with van der Waals surface area (Å²) < 4.78 is 0. The molecule has 0 aliphatic carbocycles. The molecule has 0 unspecified atom stereocenters. The fourth-order valence-electron chi connectivity index (χ4n) is 2.74. The quantitative estimate of drug-likeness (QED) is 0.785. The zero-order valence-corrected chi connectivity index (χ0v) is 10.9. The first-order valence-corrected chi connectivity index (χ1v) is 6.92. The number of amides is 1. The molecule has 1 aliphatic rings. The minimum atomic E-state index is 0.0168. The van der Waals surface area contributed by atoms with Crippen LogP contribution in [0.25, 0.3) is 10.9 Å². The molecule has 0 radical (unpaired) electrons. The highest BCUT2D eigenvalue weighted by Crippen LogP contribution is 2.17. The summed E-state index contributed by atoms with van der Waals surface area (Å²) in [7, 11) is 0. The number of aromatic nitrogens is 1. The number of H-pyrrole nitrogens is 1. The van der Waals surface area contributed by atoms with Crippen LogP contribution in [0.3, 0.4) is 0 Å². The third kappa shape index (κ3) is 2.63. The highest BCUT2D eigenvalue weighted by atomic mass is 16.1. The van der Waals surface area contributed by atoms with Crippen molar-refractivity contribution in [1.82, 2.24) is 15.6 Å². The molecule has 2 heterocycles. The van der Waals surface area contributed by atoms with Crippen molar-refractivity contribution in [2.24, 2.45) is 0 Å². The van der Waals surface area contributed by atoms with Gasteiger partial charge in [-0.1, -0.05) is 6.07 Å². The van der Waals surface area contributed by atoms with Crippen LogP contribution >= 0.6 is 0 Å². The largest absolute Gasteiger partial charge is 0.361 e. The first-order chi connectivity index (χ1) is 9.34. The van der Waals surface area contributed by atoms with E-state index in [0.29, 0.717) is 6.04 Å². The van der Waals surface area contributed by atoms with Crippen LogP contribution in [0.15, 0.2) is 30.5 Å². The second kappa shape index (κ2) is 5.45. The molecule has 1 amide bonds. The van der Waals surface area contributed by atoms with Gasteiger partial charge in [-0.2, -0.15) is 0 Å². The highest BCUT2D eigenvalue weighted by Gasteiger charge is 2.14. The van der Waals surface area contributed by atoms with Gasteiger partial charge in [-0.15, -0.1) is 0 Å². The molecule has 4 heteroatoms. The summed E-state index contributed by atoms with van der Waals surface area (Å²) in [5.74, 6) is 0.0168. The van der Waals surface area contributed by atoms with Gasteiger partial charge in [-0.05, 0) is 44.0 Å². The van der Waals surface area contributed by atoms with Gasteiger partial charge in [0.25, 0.3) is 5.91 Å². The zero-order valence-electron chi connectivity index (χ0n) is 10.9. The lowest BCUT2D eigenvalue weighted by atomic mass is 10.1. The van der Waals surface area contributed by atoms with E-state index in [9.17, 15) is 4.79 Å². The van der Waals surface area contributed by atoms with Crippen LogP contribution < -0.4 is 10.6 Å². The Labute approximate surface area is 112 Å². The van der Waals surface area contributed by atoms with Crippen LogP contribution in [0.1, 0.15) is 29.6 Å². The predicted molar refractivity (Wildman–Crippen MR) is 76.3 cm³/mol.